The van der Waals surface area contributed by atoms with Gasteiger partial charge in [0.2, 0.25) is 0 Å². The number of hydrogen-bond donors (Lipinski definition) is 4. The number of hydrogen-bond acceptors (Lipinski definition) is 5. The van der Waals surface area contributed by atoms with E-state index in [0.717, 1.165) is 12.6 Å². The normalized spacial score (nSPS) is 22.4. The number of aliphatic hydroxyl groups is 1. The lowest BCUT2D eigenvalue weighted by atomic mass is 10.0. The van der Waals surface area contributed by atoms with Crippen LogP contribution in [0, 0.1) is 0 Å². The highest BCUT2D eigenvalue weighted by Crippen LogP contribution is 2.24. The summed E-state index contributed by atoms with van der Waals surface area (Å²) in [5.74, 6) is -0.762. The fourth-order valence-corrected chi connectivity index (χ4v) is 2.29. The molecule has 1 unspecified atom stereocenters. The molecule has 0 saturated carbocycles. The SMILES string of the molecule is CN(CC1(O)CCNC1)C(=O)c1ccc(O)cc1O. The van der Waals surface area contributed by atoms with Gasteiger partial charge in [0, 0.05) is 19.7 Å². The second kappa shape index (κ2) is 5.07. The van der Waals surface area contributed by atoms with Gasteiger partial charge in [-0.3, -0.25) is 4.79 Å². The van der Waals surface area contributed by atoms with Crippen LogP contribution in [0.4, 0.5) is 0 Å². The zero-order valence-electron chi connectivity index (χ0n) is 10.8. The second-order valence-corrected chi connectivity index (χ2v) is 5.01. The molecule has 1 aromatic rings. The van der Waals surface area contributed by atoms with Crippen molar-refractivity contribution in [3.63, 3.8) is 0 Å². The van der Waals surface area contributed by atoms with Gasteiger partial charge in [0.15, 0.2) is 0 Å². The first-order valence-electron chi connectivity index (χ1n) is 6.12. The summed E-state index contributed by atoms with van der Waals surface area (Å²) in [7, 11) is 1.57. The fourth-order valence-electron chi connectivity index (χ4n) is 2.29. The Kier molecular flexibility index (Phi) is 3.64. The zero-order valence-corrected chi connectivity index (χ0v) is 10.8. The molecule has 2 rings (SSSR count). The molecule has 6 heteroatoms. The van der Waals surface area contributed by atoms with Crippen molar-refractivity contribution in [2.75, 3.05) is 26.7 Å². The number of carbonyl (C=O) groups is 1. The average Bonchev–Trinajstić information content (AvgIpc) is 2.75. The molecule has 6 nitrogen and oxygen atoms in total. The van der Waals surface area contributed by atoms with Crippen LogP contribution in [0.15, 0.2) is 18.2 Å². The Balaban J connectivity index is 2.10. The lowest BCUT2D eigenvalue weighted by molar-refractivity contribution is 0.0251. The molecule has 0 aliphatic carbocycles. The standard InChI is InChI=1S/C13H18N2O4/c1-15(8-13(19)4-5-14-7-13)12(18)10-3-2-9(16)6-11(10)17/h2-3,6,14,16-17,19H,4-5,7-8H2,1H3. The third-order valence-electron chi connectivity index (χ3n) is 3.31. The molecule has 0 bridgehead atoms. The summed E-state index contributed by atoms with van der Waals surface area (Å²) in [5.41, 5.74) is -0.813. The van der Waals surface area contributed by atoms with E-state index >= 15 is 0 Å². The largest absolute Gasteiger partial charge is 0.508 e. The molecule has 0 radical (unpaired) electrons. The van der Waals surface area contributed by atoms with Crippen LogP contribution in [-0.2, 0) is 0 Å². The summed E-state index contributed by atoms with van der Waals surface area (Å²) in [6, 6.07) is 3.82. The minimum Gasteiger partial charge on any atom is -0.508 e. The Bertz CT molecular complexity index is 484. The Morgan fingerprint density at radius 1 is 1.47 bits per heavy atom. The number of benzene rings is 1. The van der Waals surface area contributed by atoms with Gasteiger partial charge < -0.3 is 25.5 Å². The van der Waals surface area contributed by atoms with Crippen molar-refractivity contribution >= 4 is 5.91 Å². The lowest BCUT2D eigenvalue weighted by Crippen LogP contribution is -2.45. The third-order valence-corrected chi connectivity index (χ3v) is 3.31. The maximum atomic E-state index is 12.2. The molecule has 1 amide bonds. The van der Waals surface area contributed by atoms with Gasteiger partial charge >= 0.3 is 0 Å². The molecule has 1 atom stereocenters. The molecule has 0 spiro atoms. The minimum atomic E-state index is -0.920. The molecular formula is C13H18N2O4. The van der Waals surface area contributed by atoms with Gasteiger partial charge in [-0.1, -0.05) is 0 Å². The molecule has 1 aliphatic heterocycles. The predicted molar refractivity (Wildman–Crippen MR) is 69.2 cm³/mol. The molecule has 1 aliphatic rings. The van der Waals surface area contributed by atoms with Crippen LogP contribution >= 0.6 is 0 Å². The summed E-state index contributed by atoms with van der Waals surface area (Å²) in [6.07, 6.45) is 0.589. The quantitative estimate of drug-likeness (QED) is 0.613. The minimum absolute atomic E-state index is 0.102. The summed E-state index contributed by atoms with van der Waals surface area (Å²) < 4.78 is 0. The first kappa shape index (κ1) is 13.6. The van der Waals surface area contributed by atoms with Crippen LogP contribution in [-0.4, -0.2) is 58.4 Å². The summed E-state index contributed by atoms with van der Waals surface area (Å²) in [4.78, 5) is 13.5. The molecular weight excluding hydrogens is 248 g/mol. The van der Waals surface area contributed by atoms with Crippen molar-refractivity contribution < 1.29 is 20.1 Å². The number of aromatic hydroxyl groups is 2. The first-order chi connectivity index (χ1) is 8.91. The topological polar surface area (TPSA) is 93.0 Å². The van der Waals surface area contributed by atoms with Gasteiger partial charge in [-0.05, 0) is 25.1 Å². The van der Waals surface area contributed by atoms with Gasteiger partial charge in [0.05, 0.1) is 17.7 Å². The van der Waals surface area contributed by atoms with E-state index in [9.17, 15) is 20.1 Å². The number of likely N-dealkylation sites (N-methyl/N-ethyl adjacent to an activating group) is 1. The molecule has 1 aromatic carbocycles. The Hall–Kier alpha value is -1.79. The van der Waals surface area contributed by atoms with E-state index < -0.39 is 11.5 Å². The van der Waals surface area contributed by atoms with Crippen molar-refractivity contribution in [3.05, 3.63) is 23.8 Å². The molecule has 1 heterocycles. The second-order valence-electron chi connectivity index (χ2n) is 5.01. The Morgan fingerprint density at radius 2 is 2.21 bits per heavy atom. The van der Waals surface area contributed by atoms with Crippen molar-refractivity contribution in [2.24, 2.45) is 0 Å². The van der Waals surface area contributed by atoms with Crippen LogP contribution < -0.4 is 5.32 Å². The number of rotatable bonds is 3. The van der Waals surface area contributed by atoms with E-state index in [1.54, 1.807) is 7.05 Å². The highest BCUT2D eigenvalue weighted by atomic mass is 16.3. The number of amides is 1. The Labute approximate surface area is 111 Å². The van der Waals surface area contributed by atoms with E-state index in [-0.39, 0.29) is 23.6 Å². The van der Waals surface area contributed by atoms with Crippen LogP contribution in [0.5, 0.6) is 11.5 Å². The molecule has 19 heavy (non-hydrogen) atoms. The molecule has 4 N–H and O–H groups in total. The molecule has 104 valence electrons. The maximum Gasteiger partial charge on any atom is 0.257 e. The van der Waals surface area contributed by atoms with Gasteiger partial charge in [-0.15, -0.1) is 0 Å². The monoisotopic (exact) mass is 266 g/mol. The van der Waals surface area contributed by atoms with Gasteiger partial charge in [-0.2, -0.15) is 0 Å². The van der Waals surface area contributed by atoms with Crippen molar-refractivity contribution in [1.29, 1.82) is 0 Å². The van der Waals surface area contributed by atoms with E-state index in [1.807, 2.05) is 0 Å². The van der Waals surface area contributed by atoms with E-state index in [1.165, 1.54) is 17.0 Å². The summed E-state index contributed by atoms with van der Waals surface area (Å²) in [6.45, 7) is 1.37. The summed E-state index contributed by atoms with van der Waals surface area (Å²) in [5, 5.41) is 32.1. The number of β-amino-alcohol motifs (C(OH)–C–C–N with tert-alkyl or cyclic N) is 1. The number of phenolic OH excluding ortho intramolecular Hbond substituents is 2. The van der Waals surface area contributed by atoms with E-state index in [2.05, 4.69) is 5.32 Å². The lowest BCUT2D eigenvalue weighted by Gasteiger charge is -2.28. The predicted octanol–water partition coefficient (Wildman–Crippen LogP) is -0.106. The number of phenols is 2. The summed E-state index contributed by atoms with van der Waals surface area (Å²) >= 11 is 0. The van der Waals surface area contributed by atoms with Crippen molar-refractivity contribution in [3.8, 4) is 11.5 Å². The van der Waals surface area contributed by atoms with Crippen molar-refractivity contribution in [2.45, 2.75) is 12.0 Å². The van der Waals surface area contributed by atoms with Gasteiger partial charge in [0.25, 0.3) is 5.91 Å². The zero-order chi connectivity index (χ0) is 14.0. The maximum absolute atomic E-state index is 12.2. The van der Waals surface area contributed by atoms with Crippen LogP contribution in [0.3, 0.4) is 0 Å². The Morgan fingerprint density at radius 3 is 2.79 bits per heavy atom. The van der Waals surface area contributed by atoms with Crippen LogP contribution in [0.2, 0.25) is 0 Å². The number of carbonyl (C=O) groups excluding carboxylic acids is 1. The third kappa shape index (κ3) is 2.97. The van der Waals surface area contributed by atoms with E-state index in [0.29, 0.717) is 13.0 Å². The number of nitrogens with one attached hydrogen (secondary N) is 1. The molecule has 1 saturated heterocycles. The molecule has 1 fully saturated rings. The van der Waals surface area contributed by atoms with Crippen LogP contribution in [0.25, 0.3) is 0 Å². The highest BCUT2D eigenvalue weighted by molar-refractivity contribution is 5.96. The molecule has 0 aromatic heterocycles. The smallest absolute Gasteiger partial charge is 0.257 e. The number of nitrogens with zero attached hydrogens (tertiary/aromatic N) is 1. The van der Waals surface area contributed by atoms with Gasteiger partial charge in [0.1, 0.15) is 11.5 Å². The highest BCUT2D eigenvalue weighted by Gasteiger charge is 2.33. The van der Waals surface area contributed by atoms with Crippen molar-refractivity contribution in [1.82, 2.24) is 10.2 Å². The average molecular weight is 266 g/mol. The first-order valence-corrected chi connectivity index (χ1v) is 6.12. The van der Waals surface area contributed by atoms with Gasteiger partial charge in [-0.25, -0.2) is 0 Å². The fraction of sp³-hybridized carbons (Fsp3) is 0.462. The van der Waals surface area contributed by atoms with Crippen LogP contribution in [0.1, 0.15) is 16.8 Å². The van der Waals surface area contributed by atoms with E-state index in [4.69, 9.17) is 0 Å².